The molecule has 2 rings (SSSR count). The number of hydrogen-bond acceptors (Lipinski definition) is 3. The number of hydrogen-bond donors (Lipinski definition) is 1. The average Bonchev–Trinajstić information content (AvgIpc) is 2.61. The van der Waals surface area contributed by atoms with Crippen LogP contribution < -0.4 is 5.32 Å². The van der Waals surface area contributed by atoms with Gasteiger partial charge in [0.25, 0.3) is 0 Å². The Morgan fingerprint density at radius 3 is 3.13 bits per heavy atom. The minimum atomic E-state index is -0.448. The summed E-state index contributed by atoms with van der Waals surface area (Å²) in [5, 5.41) is 3.13. The Bertz CT molecular complexity index is 332. The van der Waals surface area contributed by atoms with Gasteiger partial charge in [-0.1, -0.05) is 6.07 Å². The first-order chi connectivity index (χ1) is 7.25. The summed E-state index contributed by atoms with van der Waals surface area (Å²) in [5.41, 5.74) is 0. The van der Waals surface area contributed by atoms with Crippen molar-refractivity contribution >= 4 is 5.82 Å². The molecule has 1 aliphatic heterocycles. The second kappa shape index (κ2) is 4.57. The summed E-state index contributed by atoms with van der Waals surface area (Å²) in [5.74, 6) is 0.639. The van der Waals surface area contributed by atoms with Crippen molar-refractivity contribution in [3.05, 3.63) is 24.1 Å². The van der Waals surface area contributed by atoms with Crippen LogP contribution in [0.5, 0.6) is 0 Å². The molecule has 0 aromatic carbocycles. The molecule has 2 heterocycles. The van der Waals surface area contributed by atoms with Gasteiger partial charge in [-0.3, -0.25) is 0 Å². The molecule has 3 nitrogen and oxygen atoms in total. The van der Waals surface area contributed by atoms with E-state index in [4.69, 9.17) is 4.74 Å². The van der Waals surface area contributed by atoms with Gasteiger partial charge in [0.1, 0.15) is 5.82 Å². The lowest BCUT2D eigenvalue weighted by atomic mass is 10.0. The fourth-order valence-corrected chi connectivity index (χ4v) is 1.79. The number of nitrogens with zero attached hydrogens (tertiary/aromatic N) is 1. The van der Waals surface area contributed by atoms with E-state index in [1.807, 2.05) is 0 Å². The molecule has 0 saturated carbocycles. The van der Waals surface area contributed by atoms with Gasteiger partial charge in [0.2, 0.25) is 5.95 Å². The molecule has 82 valence electrons. The summed E-state index contributed by atoms with van der Waals surface area (Å²) in [6.07, 6.45) is 1.34. The number of ether oxygens (including phenoxy) is 1. The van der Waals surface area contributed by atoms with Crippen molar-refractivity contribution in [1.82, 2.24) is 4.98 Å². The number of rotatable bonds is 3. The Kier molecular flexibility index (Phi) is 3.16. The van der Waals surface area contributed by atoms with Gasteiger partial charge in [-0.05, 0) is 25.5 Å². The Hall–Kier alpha value is -1.16. The van der Waals surface area contributed by atoms with Crippen molar-refractivity contribution in [3.8, 4) is 0 Å². The first-order valence-electron chi connectivity index (χ1n) is 5.24. The molecular formula is C11H15FN2O. The second-order valence-corrected chi connectivity index (χ2v) is 3.85. The Labute approximate surface area is 88.7 Å². The number of nitrogens with one attached hydrogen (secondary N) is 1. The van der Waals surface area contributed by atoms with Crippen LogP contribution in [0.3, 0.4) is 0 Å². The van der Waals surface area contributed by atoms with Crippen LogP contribution in [0.15, 0.2) is 18.2 Å². The molecule has 15 heavy (non-hydrogen) atoms. The molecule has 0 radical (unpaired) electrons. The fourth-order valence-electron chi connectivity index (χ4n) is 1.79. The molecule has 0 aliphatic carbocycles. The van der Waals surface area contributed by atoms with Crippen LogP contribution in [-0.2, 0) is 4.74 Å². The van der Waals surface area contributed by atoms with E-state index in [0.29, 0.717) is 11.7 Å². The molecule has 2 unspecified atom stereocenters. The van der Waals surface area contributed by atoms with Gasteiger partial charge in [0.05, 0.1) is 6.10 Å². The summed E-state index contributed by atoms with van der Waals surface area (Å²) >= 11 is 0. The molecule has 0 bridgehead atoms. The third-order valence-corrected chi connectivity index (χ3v) is 2.79. The molecule has 1 aliphatic rings. The highest BCUT2D eigenvalue weighted by Crippen LogP contribution is 2.20. The van der Waals surface area contributed by atoms with Crippen LogP contribution in [0.2, 0.25) is 0 Å². The highest BCUT2D eigenvalue weighted by atomic mass is 19.1. The van der Waals surface area contributed by atoms with Crippen molar-refractivity contribution in [3.63, 3.8) is 0 Å². The Balaban J connectivity index is 1.87. The van der Waals surface area contributed by atoms with E-state index in [-0.39, 0.29) is 6.10 Å². The van der Waals surface area contributed by atoms with Gasteiger partial charge >= 0.3 is 0 Å². The third kappa shape index (κ3) is 2.65. The predicted octanol–water partition coefficient (Wildman–Crippen LogP) is 2.06. The predicted molar refractivity (Wildman–Crippen MR) is 56.2 cm³/mol. The lowest BCUT2D eigenvalue weighted by Gasteiger charge is -2.14. The maximum Gasteiger partial charge on any atom is 0.214 e. The minimum Gasteiger partial charge on any atom is -0.378 e. The van der Waals surface area contributed by atoms with Gasteiger partial charge in [0, 0.05) is 19.1 Å². The number of halogens is 1. The van der Waals surface area contributed by atoms with Crippen molar-refractivity contribution < 1.29 is 9.13 Å². The molecular weight excluding hydrogens is 195 g/mol. The molecule has 1 N–H and O–H groups in total. The molecule has 4 heteroatoms. The van der Waals surface area contributed by atoms with Crippen LogP contribution >= 0.6 is 0 Å². The van der Waals surface area contributed by atoms with Crippen molar-refractivity contribution in [2.45, 2.75) is 19.4 Å². The summed E-state index contributed by atoms with van der Waals surface area (Å²) in [4.78, 5) is 3.74. The lowest BCUT2D eigenvalue weighted by molar-refractivity contribution is 0.108. The quantitative estimate of drug-likeness (QED) is 0.775. The zero-order valence-corrected chi connectivity index (χ0v) is 8.74. The van der Waals surface area contributed by atoms with E-state index in [1.54, 1.807) is 12.1 Å². The highest BCUT2D eigenvalue weighted by Gasteiger charge is 2.23. The number of anilines is 1. The normalized spacial score (nSPS) is 25.5. The van der Waals surface area contributed by atoms with E-state index >= 15 is 0 Å². The maximum absolute atomic E-state index is 12.8. The van der Waals surface area contributed by atoms with Crippen molar-refractivity contribution in [1.29, 1.82) is 0 Å². The van der Waals surface area contributed by atoms with E-state index in [2.05, 4.69) is 17.2 Å². The Morgan fingerprint density at radius 2 is 2.47 bits per heavy atom. The SMILES string of the molecule is CC1OCCC1CNc1cccc(F)n1. The second-order valence-electron chi connectivity index (χ2n) is 3.85. The van der Waals surface area contributed by atoms with E-state index in [0.717, 1.165) is 19.6 Å². The third-order valence-electron chi connectivity index (χ3n) is 2.79. The molecule has 1 fully saturated rings. The van der Waals surface area contributed by atoms with E-state index in [1.165, 1.54) is 6.07 Å². The molecule has 0 spiro atoms. The van der Waals surface area contributed by atoms with E-state index in [9.17, 15) is 4.39 Å². The molecule has 1 saturated heterocycles. The number of aromatic nitrogens is 1. The first-order valence-corrected chi connectivity index (χ1v) is 5.24. The zero-order chi connectivity index (χ0) is 10.7. The molecule has 2 atom stereocenters. The van der Waals surface area contributed by atoms with Crippen molar-refractivity contribution in [2.75, 3.05) is 18.5 Å². The average molecular weight is 210 g/mol. The topological polar surface area (TPSA) is 34.1 Å². The van der Waals surface area contributed by atoms with E-state index < -0.39 is 5.95 Å². The van der Waals surface area contributed by atoms with Crippen LogP contribution in [0.4, 0.5) is 10.2 Å². The standard InChI is InChI=1S/C11H15FN2O/c1-8-9(5-6-15-8)7-13-11-4-2-3-10(12)14-11/h2-4,8-9H,5-7H2,1H3,(H,13,14). The van der Waals surface area contributed by atoms with Gasteiger partial charge in [-0.25, -0.2) is 4.98 Å². The molecule has 0 amide bonds. The fraction of sp³-hybridized carbons (Fsp3) is 0.545. The zero-order valence-electron chi connectivity index (χ0n) is 8.74. The summed E-state index contributed by atoms with van der Waals surface area (Å²) in [6.45, 7) is 3.68. The van der Waals surface area contributed by atoms with Crippen molar-refractivity contribution in [2.24, 2.45) is 5.92 Å². The largest absolute Gasteiger partial charge is 0.378 e. The van der Waals surface area contributed by atoms with Crippen LogP contribution in [-0.4, -0.2) is 24.2 Å². The smallest absolute Gasteiger partial charge is 0.214 e. The summed E-state index contributed by atoms with van der Waals surface area (Å²) < 4.78 is 18.2. The first kappa shape index (κ1) is 10.4. The van der Waals surface area contributed by atoms with Crippen LogP contribution in [0.25, 0.3) is 0 Å². The minimum absolute atomic E-state index is 0.283. The van der Waals surface area contributed by atoms with Crippen LogP contribution in [0, 0.1) is 11.9 Å². The lowest BCUT2D eigenvalue weighted by Crippen LogP contribution is -2.21. The summed E-state index contributed by atoms with van der Waals surface area (Å²) in [7, 11) is 0. The Morgan fingerprint density at radius 1 is 1.60 bits per heavy atom. The monoisotopic (exact) mass is 210 g/mol. The summed E-state index contributed by atoms with van der Waals surface area (Å²) in [6, 6.07) is 4.76. The van der Waals surface area contributed by atoms with Crippen LogP contribution in [0.1, 0.15) is 13.3 Å². The van der Waals surface area contributed by atoms with Gasteiger partial charge in [-0.2, -0.15) is 4.39 Å². The molecule has 1 aromatic heterocycles. The van der Waals surface area contributed by atoms with Gasteiger partial charge in [-0.15, -0.1) is 0 Å². The van der Waals surface area contributed by atoms with Gasteiger partial charge < -0.3 is 10.1 Å². The van der Waals surface area contributed by atoms with Gasteiger partial charge in [0.15, 0.2) is 0 Å². The maximum atomic E-state index is 12.8. The number of pyridine rings is 1. The highest BCUT2D eigenvalue weighted by molar-refractivity contribution is 5.33. The molecule has 1 aromatic rings.